The lowest BCUT2D eigenvalue weighted by atomic mass is 9.90. The van der Waals surface area contributed by atoms with Gasteiger partial charge in [0.15, 0.2) is 0 Å². The fourth-order valence-corrected chi connectivity index (χ4v) is 3.40. The van der Waals surface area contributed by atoms with Gasteiger partial charge in [0.2, 0.25) is 0 Å². The number of benzene rings is 5. The van der Waals surface area contributed by atoms with E-state index in [1.807, 2.05) is 54.6 Å². The van der Waals surface area contributed by atoms with Crippen molar-refractivity contribution in [2.24, 2.45) is 0 Å². The Hall–Kier alpha value is -3.12. The minimum absolute atomic E-state index is 0.179. The Labute approximate surface area is 148 Å². The van der Waals surface area contributed by atoms with Gasteiger partial charge in [0.25, 0.3) is 0 Å². The number of hydrogen-bond donors (Lipinski definition) is 0. The third-order valence-electron chi connectivity index (χ3n) is 4.48. The molecule has 0 radical (unpaired) electrons. The average molecular weight is 309 g/mol. The SMILES string of the molecule is [2H]c1c([2H])c([2H])c(-c2c3ccccc3cc3cc4ccccc4cc23)c([2H])c1[2H]. The molecule has 0 unspecified atom stereocenters. The fourth-order valence-electron chi connectivity index (χ4n) is 3.40. The summed E-state index contributed by atoms with van der Waals surface area (Å²) in [6.07, 6.45) is 0. The summed E-state index contributed by atoms with van der Waals surface area (Å²) in [7, 11) is 0. The van der Waals surface area contributed by atoms with Gasteiger partial charge >= 0.3 is 0 Å². The Morgan fingerprint density at radius 2 is 1.17 bits per heavy atom. The predicted molar refractivity (Wildman–Crippen MR) is 104 cm³/mol. The van der Waals surface area contributed by atoms with Crippen molar-refractivity contribution < 1.29 is 6.85 Å². The minimum atomic E-state index is -0.376. The standard InChI is InChI=1S/C24H16/c1-2-8-17(9-3-1)24-22-13-7-6-12-20(22)15-21-14-18-10-4-5-11-19(18)16-23(21)24/h1-16H/i1D,2D,3D,8D,9D. The first kappa shape index (κ1) is 9.24. The van der Waals surface area contributed by atoms with E-state index in [0.717, 1.165) is 32.3 Å². The zero-order chi connectivity index (χ0) is 20.3. The van der Waals surface area contributed by atoms with Crippen molar-refractivity contribution in [2.45, 2.75) is 0 Å². The molecule has 0 heteroatoms. The Bertz CT molecular complexity index is 1420. The van der Waals surface area contributed by atoms with E-state index >= 15 is 0 Å². The topological polar surface area (TPSA) is 0 Å². The molecule has 5 aromatic rings. The van der Waals surface area contributed by atoms with E-state index in [9.17, 15) is 0 Å². The maximum absolute atomic E-state index is 8.51. The van der Waals surface area contributed by atoms with Crippen LogP contribution in [0.3, 0.4) is 0 Å². The lowest BCUT2D eigenvalue weighted by molar-refractivity contribution is 1.68. The van der Waals surface area contributed by atoms with Crippen LogP contribution in [0.25, 0.3) is 43.4 Å². The third kappa shape index (κ3) is 2.00. The second-order valence-electron chi connectivity index (χ2n) is 5.89. The maximum atomic E-state index is 8.51. The second-order valence-corrected chi connectivity index (χ2v) is 5.89. The highest BCUT2D eigenvalue weighted by atomic mass is 14.1. The first-order valence-electron chi connectivity index (χ1n) is 10.4. The van der Waals surface area contributed by atoms with Crippen LogP contribution in [0.2, 0.25) is 0 Å². The molecule has 5 aromatic carbocycles. The van der Waals surface area contributed by atoms with Crippen LogP contribution in [-0.2, 0) is 0 Å². The third-order valence-corrected chi connectivity index (χ3v) is 4.48. The molecule has 24 heavy (non-hydrogen) atoms. The average Bonchev–Trinajstić information content (AvgIpc) is 2.74. The summed E-state index contributed by atoms with van der Waals surface area (Å²) in [4.78, 5) is 0. The Kier molecular flexibility index (Phi) is 2.01. The van der Waals surface area contributed by atoms with Crippen LogP contribution in [0.4, 0.5) is 0 Å². The predicted octanol–water partition coefficient (Wildman–Crippen LogP) is 6.81. The van der Waals surface area contributed by atoms with Gasteiger partial charge in [-0.15, -0.1) is 0 Å². The smallest absolute Gasteiger partial charge is 0.0622 e. The molecule has 0 aromatic heterocycles. The van der Waals surface area contributed by atoms with Crippen LogP contribution in [0.5, 0.6) is 0 Å². The van der Waals surface area contributed by atoms with E-state index in [1.54, 1.807) is 0 Å². The van der Waals surface area contributed by atoms with Crippen LogP contribution >= 0.6 is 0 Å². The van der Waals surface area contributed by atoms with Gasteiger partial charge in [-0.25, -0.2) is 0 Å². The van der Waals surface area contributed by atoms with Crippen LogP contribution in [0, 0.1) is 0 Å². The number of fused-ring (bicyclic) bond motifs is 3. The molecule has 0 saturated heterocycles. The Balaban J connectivity index is 2.06. The molecular weight excluding hydrogens is 288 g/mol. The molecule has 0 fully saturated rings. The van der Waals surface area contributed by atoms with Gasteiger partial charge in [0.1, 0.15) is 0 Å². The van der Waals surface area contributed by atoms with E-state index in [0.29, 0.717) is 5.56 Å². The summed E-state index contributed by atoms with van der Waals surface area (Å²) in [5, 5.41) is 5.84. The molecule has 0 saturated carbocycles. The van der Waals surface area contributed by atoms with Gasteiger partial charge in [-0.05, 0) is 61.6 Å². The molecule has 0 spiro atoms. The van der Waals surface area contributed by atoms with Crippen LogP contribution < -0.4 is 0 Å². The summed E-state index contributed by atoms with van der Waals surface area (Å²) < 4.78 is 41.2. The number of rotatable bonds is 1. The largest absolute Gasteiger partial charge is 0.0629 e. The fraction of sp³-hybridized carbons (Fsp3) is 0. The van der Waals surface area contributed by atoms with Crippen LogP contribution in [0.15, 0.2) is 96.9 Å². The van der Waals surface area contributed by atoms with Gasteiger partial charge in [-0.3, -0.25) is 0 Å². The number of hydrogen-bond acceptors (Lipinski definition) is 0. The van der Waals surface area contributed by atoms with Gasteiger partial charge in [0.05, 0.1) is 6.85 Å². The van der Waals surface area contributed by atoms with Gasteiger partial charge in [-0.1, -0.05) is 78.7 Å². The van der Waals surface area contributed by atoms with E-state index in [2.05, 4.69) is 12.1 Å². The molecule has 0 atom stereocenters. The molecule has 0 N–H and O–H groups in total. The van der Waals surface area contributed by atoms with Crippen molar-refractivity contribution in [2.75, 3.05) is 0 Å². The van der Waals surface area contributed by atoms with Gasteiger partial charge in [0, 0.05) is 0 Å². The molecule has 0 amide bonds. The maximum Gasteiger partial charge on any atom is 0.0629 e. The zero-order valence-electron chi connectivity index (χ0n) is 17.9. The zero-order valence-corrected chi connectivity index (χ0v) is 12.9. The van der Waals surface area contributed by atoms with Crippen LogP contribution in [0.1, 0.15) is 6.85 Å². The lowest BCUT2D eigenvalue weighted by Gasteiger charge is -2.13. The molecule has 0 nitrogen and oxygen atoms in total. The monoisotopic (exact) mass is 309 g/mol. The van der Waals surface area contributed by atoms with Crippen molar-refractivity contribution in [1.82, 2.24) is 0 Å². The summed E-state index contributed by atoms with van der Waals surface area (Å²) in [6.45, 7) is 0. The normalized spacial score (nSPS) is 14.2. The van der Waals surface area contributed by atoms with Crippen molar-refractivity contribution in [3.8, 4) is 11.1 Å². The summed E-state index contributed by atoms with van der Waals surface area (Å²) in [5.74, 6) is 0. The van der Waals surface area contributed by atoms with E-state index < -0.39 is 0 Å². The molecular formula is C24H16. The molecule has 5 rings (SSSR count). The second kappa shape index (κ2) is 5.21. The van der Waals surface area contributed by atoms with Crippen molar-refractivity contribution in [1.29, 1.82) is 0 Å². The quantitative estimate of drug-likeness (QED) is 0.298. The molecule has 0 aliphatic heterocycles. The highest BCUT2D eigenvalue weighted by Gasteiger charge is 2.10. The first-order valence-corrected chi connectivity index (χ1v) is 7.89. The van der Waals surface area contributed by atoms with Crippen molar-refractivity contribution >= 4 is 32.3 Å². The van der Waals surface area contributed by atoms with Crippen molar-refractivity contribution in [3.63, 3.8) is 0 Å². The van der Waals surface area contributed by atoms with Gasteiger partial charge < -0.3 is 0 Å². The van der Waals surface area contributed by atoms with E-state index in [-0.39, 0.29) is 35.8 Å². The Morgan fingerprint density at radius 1 is 0.542 bits per heavy atom. The lowest BCUT2D eigenvalue weighted by Crippen LogP contribution is -1.86. The minimum Gasteiger partial charge on any atom is -0.0622 e. The van der Waals surface area contributed by atoms with Crippen LogP contribution in [-0.4, -0.2) is 0 Å². The first-order chi connectivity index (χ1) is 14.0. The summed E-state index contributed by atoms with van der Waals surface area (Å²) in [6, 6.07) is 20.7. The molecule has 0 bridgehead atoms. The van der Waals surface area contributed by atoms with Crippen molar-refractivity contribution in [3.05, 3.63) is 96.9 Å². The van der Waals surface area contributed by atoms with E-state index in [1.165, 1.54) is 0 Å². The molecule has 0 aliphatic carbocycles. The molecule has 112 valence electrons. The molecule has 0 aliphatic rings. The highest BCUT2D eigenvalue weighted by molar-refractivity contribution is 6.15. The highest BCUT2D eigenvalue weighted by Crippen LogP contribution is 2.37. The summed E-state index contributed by atoms with van der Waals surface area (Å²) >= 11 is 0. The van der Waals surface area contributed by atoms with Gasteiger partial charge in [-0.2, -0.15) is 0 Å². The Morgan fingerprint density at radius 3 is 1.96 bits per heavy atom. The molecule has 0 heterocycles. The van der Waals surface area contributed by atoms with E-state index in [4.69, 9.17) is 6.85 Å². The summed E-state index contributed by atoms with van der Waals surface area (Å²) in [5.41, 5.74) is 0.925.